The monoisotopic (exact) mass is 225 g/mol. The smallest absolute Gasteiger partial charge is 0.0594 e. The largest absolute Gasteiger partial charge is 0.379 e. The molecule has 4 nitrogen and oxygen atoms in total. The molecule has 16 heavy (non-hydrogen) atoms. The summed E-state index contributed by atoms with van der Waals surface area (Å²) in [7, 11) is 0. The summed E-state index contributed by atoms with van der Waals surface area (Å²) in [6.45, 7) is 8.41. The molecule has 1 aliphatic heterocycles. The summed E-state index contributed by atoms with van der Waals surface area (Å²) in [6, 6.07) is 0.513. The molecule has 0 spiro atoms. The maximum Gasteiger partial charge on any atom is 0.0594 e. The molecule has 0 amide bonds. The molecule has 3 N–H and O–H groups in total. The molecule has 1 saturated heterocycles. The van der Waals surface area contributed by atoms with Gasteiger partial charge in [0.15, 0.2) is 0 Å². The first-order valence-corrected chi connectivity index (χ1v) is 6.10. The first kappa shape index (κ1) is 11.9. The number of hydrazine groups is 1. The van der Waals surface area contributed by atoms with E-state index in [1.54, 1.807) is 0 Å². The van der Waals surface area contributed by atoms with E-state index in [1.165, 1.54) is 12.1 Å². The van der Waals surface area contributed by atoms with Crippen LogP contribution in [0.2, 0.25) is 0 Å². The van der Waals surface area contributed by atoms with Crippen molar-refractivity contribution in [2.75, 3.05) is 26.3 Å². The Morgan fingerprint density at radius 1 is 1.44 bits per heavy atom. The van der Waals surface area contributed by atoms with Crippen LogP contribution in [0.25, 0.3) is 0 Å². The van der Waals surface area contributed by atoms with Crippen LogP contribution in [-0.2, 0) is 4.74 Å². The fourth-order valence-corrected chi connectivity index (χ4v) is 2.75. The van der Waals surface area contributed by atoms with E-state index < -0.39 is 0 Å². The maximum absolute atomic E-state index is 5.55. The Morgan fingerprint density at radius 2 is 2.12 bits per heavy atom. The minimum atomic E-state index is 0.333. The van der Waals surface area contributed by atoms with Crippen LogP contribution in [0.15, 0.2) is 11.8 Å². The molecule has 2 rings (SSSR count). The van der Waals surface area contributed by atoms with Crippen molar-refractivity contribution in [3.63, 3.8) is 0 Å². The van der Waals surface area contributed by atoms with Crippen LogP contribution >= 0.6 is 0 Å². The van der Waals surface area contributed by atoms with Crippen LogP contribution in [0.1, 0.15) is 26.7 Å². The van der Waals surface area contributed by atoms with Crippen molar-refractivity contribution < 1.29 is 4.74 Å². The van der Waals surface area contributed by atoms with Gasteiger partial charge in [-0.05, 0) is 24.3 Å². The van der Waals surface area contributed by atoms with Gasteiger partial charge < -0.3 is 10.2 Å². The van der Waals surface area contributed by atoms with Crippen LogP contribution in [0.3, 0.4) is 0 Å². The predicted molar refractivity (Wildman–Crippen MR) is 64.6 cm³/mol. The third kappa shape index (κ3) is 2.75. The normalized spacial score (nSPS) is 30.9. The van der Waals surface area contributed by atoms with Crippen molar-refractivity contribution in [2.45, 2.75) is 32.7 Å². The Morgan fingerprint density at radius 3 is 2.75 bits per heavy atom. The van der Waals surface area contributed by atoms with E-state index in [0.717, 1.165) is 32.7 Å². The number of nitrogens with two attached hydrogens (primary N) is 1. The quantitative estimate of drug-likeness (QED) is 0.540. The molecular formula is C12H23N3O. The van der Waals surface area contributed by atoms with Crippen molar-refractivity contribution in [3.8, 4) is 0 Å². The molecule has 1 atom stereocenters. The van der Waals surface area contributed by atoms with E-state index in [4.69, 9.17) is 10.6 Å². The number of nitrogens with one attached hydrogen (secondary N) is 1. The molecule has 0 bridgehead atoms. The Balaban J connectivity index is 2.07. The third-order valence-electron chi connectivity index (χ3n) is 3.52. The number of hydrogen-bond donors (Lipinski definition) is 2. The standard InChI is InChI=1S/C12H23N3O/c1-12(2)8-10(14-13)7-11(9-12)15-3-5-16-6-4-15/h7,11,14H,3-6,8-9,13H2,1-2H3. The highest BCUT2D eigenvalue weighted by atomic mass is 16.5. The SMILES string of the molecule is CC1(C)CC(NN)=CC(N2CCOCC2)C1. The van der Waals surface area contributed by atoms with Crippen LogP contribution < -0.4 is 11.3 Å². The van der Waals surface area contributed by atoms with Gasteiger partial charge in [-0.15, -0.1) is 0 Å². The fourth-order valence-electron chi connectivity index (χ4n) is 2.75. The zero-order chi connectivity index (χ0) is 11.6. The fraction of sp³-hybridized carbons (Fsp3) is 0.833. The molecule has 1 aliphatic carbocycles. The van der Waals surface area contributed by atoms with Crippen LogP contribution in [0.5, 0.6) is 0 Å². The van der Waals surface area contributed by atoms with Crippen molar-refractivity contribution in [3.05, 3.63) is 11.8 Å². The molecule has 92 valence electrons. The summed E-state index contributed by atoms with van der Waals surface area (Å²) in [6.07, 6.45) is 4.54. The second-order valence-electron chi connectivity index (χ2n) is 5.60. The van der Waals surface area contributed by atoms with Gasteiger partial charge in [0, 0.05) is 24.8 Å². The topological polar surface area (TPSA) is 50.5 Å². The Kier molecular flexibility index (Phi) is 3.52. The van der Waals surface area contributed by atoms with Crippen LogP contribution in [0.4, 0.5) is 0 Å². The molecule has 4 heteroatoms. The van der Waals surface area contributed by atoms with Gasteiger partial charge in [0.05, 0.1) is 13.2 Å². The molecule has 1 fully saturated rings. The maximum atomic E-state index is 5.55. The second-order valence-corrected chi connectivity index (χ2v) is 5.60. The zero-order valence-corrected chi connectivity index (χ0v) is 10.3. The lowest BCUT2D eigenvalue weighted by molar-refractivity contribution is 0.0148. The lowest BCUT2D eigenvalue weighted by Crippen LogP contribution is -2.47. The van der Waals surface area contributed by atoms with Crippen molar-refractivity contribution in [1.82, 2.24) is 10.3 Å². The number of nitrogens with zero attached hydrogens (tertiary/aromatic N) is 1. The highest BCUT2D eigenvalue weighted by Gasteiger charge is 2.32. The second kappa shape index (κ2) is 4.73. The molecule has 1 heterocycles. The highest BCUT2D eigenvalue weighted by molar-refractivity contribution is 5.13. The van der Waals surface area contributed by atoms with Gasteiger partial charge in [-0.25, -0.2) is 0 Å². The minimum absolute atomic E-state index is 0.333. The molecule has 0 aromatic carbocycles. The summed E-state index contributed by atoms with van der Waals surface area (Å²) in [5.41, 5.74) is 4.34. The number of allylic oxidation sites excluding steroid dienone is 1. The van der Waals surface area contributed by atoms with Crippen LogP contribution in [0, 0.1) is 5.41 Å². The highest BCUT2D eigenvalue weighted by Crippen LogP contribution is 2.36. The number of rotatable bonds is 2. The van der Waals surface area contributed by atoms with Gasteiger partial charge in [-0.2, -0.15) is 0 Å². The van der Waals surface area contributed by atoms with Crippen molar-refractivity contribution in [1.29, 1.82) is 0 Å². The Bertz CT molecular complexity index is 269. The Labute approximate surface area is 97.8 Å². The number of ether oxygens (including phenoxy) is 1. The van der Waals surface area contributed by atoms with Gasteiger partial charge in [-0.1, -0.05) is 13.8 Å². The van der Waals surface area contributed by atoms with E-state index in [1.807, 2.05) is 0 Å². The number of morpholine rings is 1. The molecule has 0 saturated carbocycles. The van der Waals surface area contributed by atoms with E-state index in [0.29, 0.717) is 11.5 Å². The van der Waals surface area contributed by atoms with E-state index >= 15 is 0 Å². The third-order valence-corrected chi connectivity index (χ3v) is 3.52. The lowest BCUT2D eigenvalue weighted by Gasteiger charge is -2.41. The first-order chi connectivity index (χ1) is 7.61. The van der Waals surface area contributed by atoms with Gasteiger partial charge in [0.1, 0.15) is 0 Å². The predicted octanol–water partition coefficient (Wildman–Crippen LogP) is 0.854. The van der Waals surface area contributed by atoms with Crippen molar-refractivity contribution >= 4 is 0 Å². The van der Waals surface area contributed by atoms with Gasteiger partial charge in [0.25, 0.3) is 0 Å². The lowest BCUT2D eigenvalue weighted by atomic mass is 9.77. The zero-order valence-electron chi connectivity index (χ0n) is 10.3. The van der Waals surface area contributed by atoms with Gasteiger partial charge in [-0.3, -0.25) is 10.7 Å². The average molecular weight is 225 g/mol. The van der Waals surface area contributed by atoms with Gasteiger partial charge in [0.2, 0.25) is 0 Å². The van der Waals surface area contributed by atoms with Crippen molar-refractivity contribution in [2.24, 2.45) is 11.3 Å². The molecule has 0 aromatic rings. The van der Waals surface area contributed by atoms with E-state index in [2.05, 4.69) is 30.2 Å². The molecule has 1 unspecified atom stereocenters. The molecule has 0 radical (unpaired) electrons. The Hall–Kier alpha value is -0.580. The summed E-state index contributed by atoms with van der Waals surface area (Å²) in [4.78, 5) is 2.50. The van der Waals surface area contributed by atoms with E-state index in [9.17, 15) is 0 Å². The average Bonchev–Trinajstić information content (AvgIpc) is 2.28. The van der Waals surface area contributed by atoms with E-state index in [-0.39, 0.29) is 0 Å². The molecule has 2 aliphatic rings. The summed E-state index contributed by atoms with van der Waals surface area (Å²) < 4.78 is 5.39. The minimum Gasteiger partial charge on any atom is -0.379 e. The first-order valence-electron chi connectivity index (χ1n) is 6.10. The van der Waals surface area contributed by atoms with Crippen LogP contribution in [-0.4, -0.2) is 37.2 Å². The summed E-state index contributed by atoms with van der Waals surface area (Å²) >= 11 is 0. The summed E-state index contributed by atoms with van der Waals surface area (Å²) in [5.74, 6) is 5.55. The number of hydrogen-bond acceptors (Lipinski definition) is 4. The molecular weight excluding hydrogens is 202 g/mol. The molecule has 0 aromatic heterocycles. The van der Waals surface area contributed by atoms with Gasteiger partial charge >= 0.3 is 0 Å². The summed E-state index contributed by atoms with van der Waals surface area (Å²) in [5, 5.41) is 0.